The Labute approximate surface area is 68.3 Å². The van der Waals surface area contributed by atoms with Crippen LogP contribution in [0, 0.1) is 12.3 Å². The normalized spacial score (nSPS) is 12.5. The fourth-order valence-corrected chi connectivity index (χ4v) is 0.749. The molecule has 3 N–H and O–H groups in total. The number of hydrogen-bond acceptors (Lipinski definition) is 3. The monoisotopic (exact) mass is 156 g/mol. The van der Waals surface area contributed by atoms with Crippen molar-refractivity contribution >= 4 is 0 Å². The minimum atomic E-state index is -0.0181. The number of hydrogen-bond donors (Lipinski definition) is 2. The molecular formula is C8H16N2O. The van der Waals surface area contributed by atoms with Gasteiger partial charge in [-0.25, -0.2) is 5.43 Å². The van der Waals surface area contributed by atoms with Crippen LogP contribution in [0.15, 0.2) is 0 Å². The SMILES string of the molecule is C#CC(CCCOCC)NN. The van der Waals surface area contributed by atoms with Crippen LogP contribution < -0.4 is 11.3 Å². The van der Waals surface area contributed by atoms with Crippen LogP contribution in [0.3, 0.4) is 0 Å². The number of ether oxygens (including phenoxy) is 1. The van der Waals surface area contributed by atoms with Crippen molar-refractivity contribution in [3.8, 4) is 12.3 Å². The van der Waals surface area contributed by atoms with Crippen LogP contribution in [0.1, 0.15) is 19.8 Å². The van der Waals surface area contributed by atoms with Gasteiger partial charge in [-0.05, 0) is 19.8 Å². The molecule has 0 aromatic rings. The lowest BCUT2D eigenvalue weighted by Gasteiger charge is -2.07. The lowest BCUT2D eigenvalue weighted by atomic mass is 10.2. The first-order valence-electron chi connectivity index (χ1n) is 3.85. The molecule has 3 heteroatoms. The lowest BCUT2D eigenvalue weighted by molar-refractivity contribution is 0.142. The molecule has 0 heterocycles. The molecule has 0 aliphatic carbocycles. The van der Waals surface area contributed by atoms with Gasteiger partial charge in [0.25, 0.3) is 0 Å². The number of nitrogens with two attached hydrogens (primary N) is 1. The zero-order valence-corrected chi connectivity index (χ0v) is 6.97. The molecule has 0 aromatic carbocycles. The maximum Gasteiger partial charge on any atom is 0.0815 e. The van der Waals surface area contributed by atoms with E-state index in [-0.39, 0.29) is 6.04 Å². The molecule has 11 heavy (non-hydrogen) atoms. The molecule has 0 saturated heterocycles. The van der Waals surface area contributed by atoms with Gasteiger partial charge < -0.3 is 4.74 Å². The van der Waals surface area contributed by atoms with E-state index in [9.17, 15) is 0 Å². The first-order chi connectivity index (χ1) is 5.35. The van der Waals surface area contributed by atoms with E-state index in [1.54, 1.807) is 0 Å². The van der Waals surface area contributed by atoms with Crippen molar-refractivity contribution < 1.29 is 4.74 Å². The average Bonchev–Trinajstić information content (AvgIpc) is 2.05. The number of nitrogens with one attached hydrogen (secondary N) is 1. The standard InChI is InChI=1S/C8H16N2O/c1-3-8(10-9)6-5-7-11-4-2/h1,8,10H,4-7,9H2,2H3. The summed E-state index contributed by atoms with van der Waals surface area (Å²) in [5.41, 5.74) is 2.54. The van der Waals surface area contributed by atoms with Crippen LogP contribution in [-0.4, -0.2) is 19.3 Å². The van der Waals surface area contributed by atoms with Gasteiger partial charge in [0, 0.05) is 13.2 Å². The zero-order chi connectivity index (χ0) is 8.53. The van der Waals surface area contributed by atoms with Crippen LogP contribution in [0.2, 0.25) is 0 Å². The van der Waals surface area contributed by atoms with Gasteiger partial charge in [0.15, 0.2) is 0 Å². The second kappa shape index (κ2) is 7.55. The molecular weight excluding hydrogens is 140 g/mol. The van der Waals surface area contributed by atoms with Crippen molar-refractivity contribution in [1.29, 1.82) is 0 Å². The number of hydrazine groups is 1. The fraction of sp³-hybridized carbons (Fsp3) is 0.750. The predicted octanol–water partition coefficient (Wildman–Crippen LogP) is 0.268. The van der Waals surface area contributed by atoms with Crippen molar-refractivity contribution in [2.75, 3.05) is 13.2 Å². The number of terminal acetylenes is 1. The summed E-state index contributed by atoms with van der Waals surface area (Å²) in [5.74, 6) is 7.70. The van der Waals surface area contributed by atoms with Gasteiger partial charge in [0.2, 0.25) is 0 Å². The van der Waals surface area contributed by atoms with E-state index >= 15 is 0 Å². The zero-order valence-electron chi connectivity index (χ0n) is 6.97. The molecule has 0 aromatic heterocycles. The summed E-state index contributed by atoms with van der Waals surface area (Å²) in [6.45, 7) is 3.49. The summed E-state index contributed by atoms with van der Waals surface area (Å²) in [6.07, 6.45) is 6.98. The van der Waals surface area contributed by atoms with Gasteiger partial charge in [-0.2, -0.15) is 0 Å². The Morgan fingerprint density at radius 3 is 2.91 bits per heavy atom. The van der Waals surface area contributed by atoms with Crippen LogP contribution in [0.5, 0.6) is 0 Å². The molecule has 0 fully saturated rings. The second-order valence-electron chi connectivity index (χ2n) is 2.23. The predicted molar refractivity (Wildman–Crippen MR) is 45.7 cm³/mol. The van der Waals surface area contributed by atoms with E-state index in [2.05, 4.69) is 11.3 Å². The fourth-order valence-electron chi connectivity index (χ4n) is 0.749. The third-order valence-corrected chi connectivity index (χ3v) is 1.39. The highest BCUT2D eigenvalue weighted by atomic mass is 16.5. The Morgan fingerprint density at radius 1 is 1.73 bits per heavy atom. The summed E-state index contributed by atoms with van der Waals surface area (Å²) in [7, 11) is 0. The van der Waals surface area contributed by atoms with Crippen molar-refractivity contribution in [2.24, 2.45) is 5.84 Å². The van der Waals surface area contributed by atoms with Gasteiger partial charge in [-0.15, -0.1) is 6.42 Å². The molecule has 3 nitrogen and oxygen atoms in total. The van der Waals surface area contributed by atoms with E-state index in [0.717, 1.165) is 26.1 Å². The minimum absolute atomic E-state index is 0.0181. The first kappa shape index (κ1) is 10.4. The maximum atomic E-state index is 5.16. The summed E-state index contributed by atoms with van der Waals surface area (Å²) in [6, 6.07) is -0.0181. The smallest absolute Gasteiger partial charge is 0.0815 e. The van der Waals surface area contributed by atoms with E-state index < -0.39 is 0 Å². The van der Waals surface area contributed by atoms with E-state index in [4.69, 9.17) is 17.0 Å². The highest BCUT2D eigenvalue weighted by Crippen LogP contribution is 1.94. The molecule has 64 valence electrons. The van der Waals surface area contributed by atoms with Crippen LogP contribution in [-0.2, 0) is 4.74 Å². The molecule has 0 saturated carbocycles. The average molecular weight is 156 g/mol. The summed E-state index contributed by atoms with van der Waals surface area (Å²) >= 11 is 0. The van der Waals surface area contributed by atoms with Crippen molar-refractivity contribution in [3.05, 3.63) is 0 Å². The minimum Gasteiger partial charge on any atom is -0.382 e. The van der Waals surface area contributed by atoms with E-state index in [0.29, 0.717) is 0 Å². The molecule has 0 radical (unpaired) electrons. The Bertz CT molecular complexity index is 120. The third kappa shape index (κ3) is 5.86. The van der Waals surface area contributed by atoms with Crippen molar-refractivity contribution in [3.63, 3.8) is 0 Å². The lowest BCUT2D eigenvalue weighted by Crippen LogP contribution is -2.33. The maximum absolute atomic E-state index is 5.16. The molecule has 1 unspecified atom stereocenters. The van der Waals surface area contributed by atoms with E-state index in [1.807, 2.05) is 6.92 Å². The first-order valence-corrected chi connectivity index (χ1v) is 3.85. The topological polar surface area (TPSA) is 47.3 Å². The summed E-state index contributed by atoms with van der Waals surface area (Å²) in [4.78, 5) is 0. The molecule has 0 amide bonds. The molecule has 0 aliphatic heterocycles. The quantitative estimate of drug-likeness (QED) is 0.251. The van der Waals surface area contributed by atoms with E-state index in [1.165, 1.54) is 0 Å². The third-order valence-electron chi connectivity index (χ3n) is 1.39. The Kier molecular flexibility index (Phi) is 7.16. The Morgan fingerprint density at radius 2 is 2.45 bits per heavy atom. The van der Waals surface area contributed by atoms with Gasteiger partial charge in [-0.1, -0.05) is 5.92 Å². The van der Waals surface area contributed by atoms with Crippen LogP contribution in [0.25, 0.3) is 0 Å². The van der Waals surface area contributed by atoms with Crippen LogP contribution >= 0.6 is 0 Å². The molecule has 1 atom stereocenters. The number of rotatable bonds is 6. The second-order valence-corrected chi connectivity index (χ2v) is 2.23. The highest BCUT2D eigenvalue weighted by molar-refractivity contribution is 4.97. The molecule has 0 rings (SSSR count). The van der Waals surface area contributed by atoms with Crippen molar-refractivity contribution in [1.82, 2.24) is 5.43 Å². The largest absolute Gasteiger partial charge is 0.382 e. The van der Waals surface area contributed by atoms with Gasteiger partial charge in [0.1, 0.15) is 0 Å². The Hall–Kier alpha value is -0.560. The molecule has 0 aliphatic rings. The molecule has 0 bridgehead atoms. The van der Waals surface area contributed by atoms with Gasteiger partial charge in [0.05, 0.1) is 6.04 Å². The van der Waals surface area contributed by atoms with Crippen LogP contribution in [0.4, 0.5) is 0 Å². The van der Waals surface area contributed by atoms with Gasteiger partial charge in [-0.3, -0.25) is 5.84 Å². The Balaban J connectivity index is 3.16. The highest BCUT2D eigenvalue weighted by Gasteiger charge is 1.99. The van der Waals surface area contributed by atoms with Crippen molar-refractivity contribution in [2.45, 2.75) is 25.8 Å². The summed E-state index contributed by atoms with van der Waals surface area (Å²) < 4.78 is 5.14. The molecule has 0 spiro atoms. The van der Waals surface area contributed by atoms with Gasteiger partial charge >= 0.3 is 0 Å². The summed E-state index contributed by atoms with van der Waals surface area (Å²) in [5, 5.41) is 0.